The number of ether oxygens (including phenoxy) is 2. The molecule has 2 aromatic heterocycles. The molecular weight excluding hydrogens is 404 g/mol. The van der Waals surface area contributed by atoms with E-state index in [1.807, 2.05) is 13.0 Å². The summed E-state index contributed by atoms with van der Waals surface area (Å²) in [7, 11) is 1.62. The number of aryl methyl sites for hydroxylation is 1. The molecule has 0 unspecified atom stereocenters. The first-order valence-electron chi connectivity index (χ1n) is 8.87. The smallest absolute Gasteiger partial charge is 0.264 e. The third-order valence-electron chi connectivity index (χ3n) is 4.21. The van der Waals surface area contributed by atoms with E-state index in [-0.39, 0.29) is 0 Å². The van der Waals surface area contributed by atoms with Gasteiger partial charge in [-0.2, -0.15) is 0 Å². The van der Waals surface area contributed by atoms with Crippen LogP contribution in [0.5, 0.6) is 0 Å². The summed E-state index contributed by atoms with van der Waals surface area (Å²) in [6.45, 7) is 7.37. The maximum atomic E-state index is 11.2. The first-order valence-corrected chi connectivity index (χ1v) is 10.1. The van der Waals surface area contributed by atoms with Crippen molar-refractivity contribution in [2.75, 3.05) is 63.5 Å². The average molecular weight is 427 g/mol. The highest BCUT2D eigenvalue weighted by Gasteiger charge is 2.19. The van der Waals surface area contributed by atoms with Gasteiger partial charge in [0, 0.05) is 45.9 Å². The molecule has 0 aliphatic carbocycles. The Morgan fingerprint density at radius 1 is 1.32 bits per heavy atom. The monoisotopic (exact) mass is 426 g/mol. The van der Waals surface area contributed by atoms with E-state index in [1.54, 1.807) is 7.11 Å². The molecule has 1 N–H and O–H groups in total. The van der Waals surface area contributed by atoms with Crippen molar-refractivity contribution in [1.82, 2.24) is 19.9 Å². The number of methoxy groups -OCH3 is 1. The number of piperazine rings is 1. The normalized spacial score (nSPS) is 15.0. The second-order valence-electron chi connectivity index (χ2n) is 6.23. The summed E-state index contributed by atoms with van der Waals surface area (Å²) in [4.78, 5) is 29.3. The minimum absolute atomic E-state index is 0.329. The molecule has 1 saturated heterocycles. The van der Waals surface area contributed by atoms with Crippen LogP contribution in [0.4, 0.5) is 16.8 Å². The van der Waals surface area contributed by atoms with Crippen molar-refractivity contribution in [3.8, 4) is 0 Å². The van der Waals surface area contributed by atoms with Crippen molar-refractivity contribution in [2.24, 2.45) is 0 Å². The molecule has 1 fully saturated rings. The van der Waals surface area contributed by atoms with Crippen LogP contribution < -0.4 is 10.2 Å². The van der Waals surface area contributed by atoms with Crippen molar-refractivity contribution in [3.63, 3.8) is 0 Å². The molecule has 0 bridgehead atoms. The van der Waals surface area contributed by atoms with Crippen LogP contribution in [0.1, 0.15) is 15.5 Å². The van der Waals surface area contributed by atoms with Crippen molar-refractivity contribution in [3.05, 3.63) is 23.0 Å². The fourth-order valence-corrected chi connectivity index (χ4v) is 3.67. The van der Waals surface area contributed by atoms with Crippen LogP contribution in [0.2, 0.25) is 0 Å². The van der Waals surface area contributed by atoms with E-state index in [1.165, 1.54) is 17.5 Å². The number of nitrogens with zero attached hydrogens (tertiary/aromatic N) is 5. The Balaban J connectivity index is 1.58. The summed E-state index contributed by atoms with van der Waals surface area (Å²) in [6, 6.07) is 1.90. The van der Waals surface area contributed by atoms with Gasteiger partial charge in [0.2, 0.25) is 0 Å². The minimum atomic E-state index is -0.518. The fraction of sp³-hybridized carbons (Fsp3) is 0.529. The van der Waals surface area contributed by atoms with Crippen LogP contribution in [0.25, 0.3) is 0 Å². The van der Waals surface area contributed by atoms with Crippen molar-refractivity contribution in [2.45, 2.75) is 6.92 Å². The molecule has 0 atom stereocenters. The van der Waals surface area contributed by atoms with E-state index in [0.29, 0.717) is 35.1 Å². The highest BCUT2D eigenvalue weighted by molar-refractivity contribution is 7.19. The number of hydrogen-bond acceptors (Lipinski definition) is 10. The fourth-order valence-electron chi connectivity index (χ4n) is 2.85. The van der Waals surface area contributed by atoms with Gasteiger partial charge in [0.25, 0.3) is 5.24 Å². The summed E-state index contributed by atoms with van der Waals surface area (Å²) < 4.78 is 10.2. The summed E-state index contributed by atoms with van der Waals surface area (Å²) >= 11 is 6.67. The third-order valence-corrected chi connectivity index (χ3v) is 5.44. The van der Waals surface area contributed by atoms with Crippen LogP contribution >= 0.6 is 22.9 Å². The Hall–Kier alpha value is -1.85. The van der Waals surface area contributed by atoms with Crippen molar-refractivity contribution in [1.29, 1.82) is 0 Å². The molecule has 11 heteroatoms. The second kappa shape index (κ2) is 10.1. The number of aromatic nitrogens is 3. The molecule has 2 aromatic rings. The Morgan fingerprint density at radius 3 is 2.79 bits per heavy atom. The zero-order chi connectivity index (χ0) is 19.9. The van der Waals surface area contributed by atoms with Gasteiger partial charge in [-0.05, 0) is 18.5 Å². The van der Waals surface area contributed by atoms with Gasteiger partial charge >= 0.3 is 0 Å². The number of thiazole rings is 1. The number of carbonyl (C=O) groups excluding carboxylic acids is 1. The van der Waals surface area contributed by atoms with Crippen LogP contribution in [0.15, 0.2) is 12.3 Å². The van der Waals surface area contributed by atoms with E-state index < -0.39 is 5.24 Å². The topological polar surface area (TPSA) is 92.7 Å². The number of anilines is 3. The van der Waals surface area contributed by atoms with Gasteiger partial charge in [-0.25, -0.2) is 15.0 Å². The largest absolute Gasteiger partial charge is 0.359 e. The highest BCUT2D eigenvalue weighted by atomic mass is 35.5. The maximum absolute atomic E-state index is 11.2. The molecule has 1 aliphatic rings. The van der Waals surface area contributed by atoms with Gasteiger partial charge in [-0.15, -0.1) is 0 Å². The Bertz CT molecular complexity index is 797. The molecular formula is C17H23ClN6O3S. The quantitative estimate of drug-likeness (QED) is 0.367. The van der Waals surface area contributed by atoms with E-state index >= 15 is 0 Å². The van der Waals surface area contributed by atoms with E-state index in [4.69, 9.17) is 21.1 Å². The Kier molecular flexibility index (Phi) is 7.51. The molecule has 9 nitrogen and oxygen atoms in total. The van der Waals surface area contributed by atoms with Crippen LogP contribution in [0, 0.1) is 6.92 Å². The predicted molar refractivity (Wildman–Crippen MR) is 109 cm³/mol. The van der Waals surface area contributed by atoms with Gasteiger partial charge in [-0.1, -0.05) is 11.3 Å². The summed E-state index contributed by atoms with van der Waals surface area (Å²) in [6.07, 6.45) is 1.45. The third kappa shape index (κ3) is 5.82. The zero-order valence-corrected chi connectivity index (χ0v) is 17.4. The molecule has 152 valence electrons. The van der Waals surface area contributed by atoms with Crippen LogP contribution in [0.3, 0.4) is 0 Å². The summed E-state index contributed by atoms with van der Waals surface area (Å²) in [5, 5.41) is 3.17. The Morgan fingerprint density at radius 2 is 2.11 bits per heavy atom. The summed E-state index contributed by atoms with van der Waals surface area (Å²) in [5.41, 5.74) is 0. The van der Waals surface area contributed by atoms with Gasteiger partial charge in [-0.3, -0.25) is 9.69 Å². The molecule has 1 aliphatic heterocycles. The van der Waals surface area contributed by atoms with E-state index in [2.05, 4.69) is 30.1 Å². The number of hydrogen-bond donors (Lipinski definition) is 1. The van der Waals surface area contributed by atoms with E-state index in [9.17, 15) is 4.79 Å². The molecule has 3 rings (SSSR count). The lowest BCUT2D eigenvalue weighted by atomic mass is 10.3. The lowest BCUT2D eigenvalue weighted by molar-refractivity contribution is -0.0367. The molecule has 0 aromatic carbocycles. The molecule has 0 amide bonds. The molecule has 0 radical (unpaired) electrons. The lowest BCUT2D eigenvalue weighted by Crippen LogP contribution is -2.47. The first kappa shape index (κ1) is 20.9. The number of nitrogens with one attached hydrogen (secondary N) is 1. The van der Waals surface area contributed by atoms with Crippen LogP contribution in [-0.4, -0.2) is 78.3 Å². The van der Waals surface area contributed by atoms with Crippen LogP contribution in [-0.2, 0) is 9.47 Å². The van der Waals surface area contributed by atoms with E-state index in [0.717, 1.165) is 38.5 Å². The van der Waals surface area contributed by atoms with Gasteiger partial charge in [0.1, 0.15) is 29.1 Å². The standard InChI is InChI=1S/C17H23ClN6O3S/c1-12-20-14(22-17-19-10-13(28-17)16(18)25)9-15(21-12)24-5-3-23(4-6-24)7-8-27-11-26-2/h9-10H,3-8,11H2,1-2H3,(H,19,20,21,22). The average Bonchev–Trinajstić information content (AvgIpc) is 3.14. The molecule has 3 heterocycles. The Labute approximate surface area is 172 Å². The maximum Gasteiger partial charge on any atom is 0.264 e. The van der Waals surface area contributed by atoms with Gasteiger partial charge in [0.15, 0.2) is 5.13 Å². The molecule has 0 spiro atoms. The number of halogens is 1. The SMILES string of the molecule is COCOCCN1CCN(c2cc(Nc3ncc(C(=O)Cl)s3)nc(C)n2)CC1. The first-order chi connectivity index (χ1) is 13.5. The molecule has 0 saturated carbocycles. The number of carbonyl (C=O) groups is 1. The second-order valence-corrected chi connectivity index (χ2v) is 7.60. The highest BCUT2D eigenvalue weighted by Crippen LogP contribution is 2.25. The molecule has 28 heavy (non-hydrogen) atoms. The van der Waals surface area contributed by atoms with Gasteiger partial charge < -0.3 is 19.7 Å². The summed E-state index contributed by atoms with van der Waals surface area (Å²) in [5.74, 6) is 2.18. The lowest BCUT2D eigenvalue weighted by Gasteiger charge is -2.35. The van der Waals surface area contributed by atoms with Gasteiger partial charge in [0.05, 0.1) is 12.8 Å². The minimum Gasteiger partial charge on any atom is -0.359 e. The predicted octanol–water partition coefficient (Wildman–Crippen LogP) is 2.11. The van der Waals surface area contributed by atoms with Crippen molar-refractivity contribution < 1.29 is 14.3 Å². The zero-order valence-electron chi connectivity index (χ0n) is 15.9. The van der Waals surface area contributed by atoms with Crippen molar-refractivity contribution >= 4 is 44.9 Å². The number of rotatable bonds is 9.